The normalized spacial score (nSPS) is 12.6. The molecule has 2 unspecified atom stereocenters. The van der Waals surface area contributed by atoms with Crippen molar-refractivity contribution in [2.24, 2.45) is 7.05 Å². The van der Waals surface area contributed by atoms with Gasteiger partial charge in [0.25, 0.3) is 0 Å². The van der Waals surface area contributed by atoms with Gasteiger partial charge in [0.05, 0.1) is 7.05 Å². The third-order valence-corrected chi connectivity index (χ3v) is 3.38. The van der Waals surface area contributed by atoms with Crippen molar-refractivity contribution in [2.45, 2.75) is 32.8 Å². The molecule has 26 heavy (non-hydrogen) atoms. The Labute approximate surface area is 163 Å². The Morgan fingerprint density at radius 3 is 2.46 bits per heavy atom. The van der Waals surface area contributed by atoms with Gasteiger partial charge in [-0.05, 0) is 13.8 Å². The van der Waals surface area contributed by atoms with E-state index in [1.807, 2.05) is 13.1 Å². The molecule has 1 heterocycles. The van der Waals surface area contributed by atoms with E-state index in [4.69, 9.17) is 14.2 Å². The zero-order chi connectivity index (χ0) is 18.2. The number of benzene rings is 1. The van der Waals surface area contributed by atoms with Gasteiger partial charge in [0.1, 0.15) is 12.4 Å². The molecule has 0 saturated heterocycles. The molecule has 142 valence electrons. The van der Waals surface area contributed by atoms with Crippen molar-refractivity contribution in [3.63, 3.8) is 0 Å². The van der Waals surface area contributed by atoms with E-state index in [1.165, 1.54) is 0 Å². The van der Waals surface area contributed by atoms with Crippen molar-refractivity contribution in [1.29, 1.82) is 0 Å². The van der Waals surface area contributed by atoms with Crippen LogP contribution in [0, 0.1) is 0 Å². The minimum absolute atomic E-state index is 0. The van der Waals surface area contributed by atoms with Crippen LogP contribution in [0.25, 0.3) is 0 Å². The maximum absolute atomic E-state index is 12.4. The van der Waals surface area contributed by atoms with Crippen molar-refractivity contribution in [3.05, 3.63) is 54.6 Å². The van der Waals surface area contributed by atoms with Crippen LogP contribution in [0.15, 0.2) is 49.1 Å². The first-order chi connectivity index (χ1) is 12.0. The van der Waals surface area contributed by atoms with E-state index in [1.54, 1.807) is 66.0 Å². The van der Waals surface area contributed by atoms with Gasteiger partial charge in [-0.25, -0.2) is 18.7 Å². The van der Waals surface area contributed by atoms with Gasteiger partial charge < -0.3 is 31.2 Å². The fraction of sp³-hybridized carbons (Fsp3) is 0.389. The predicted octanol–water partition coefficient (Wildman–Crippen LogP) is -1.47. The minimum atomic E-state index is -1.14. The number of aryl methyl sites for hydroxylation is 1. The van der Waals surface area contributed by atoms with Crippen LogP contribution in [-0.4, -0.2) is 29.4 Å². The second-order valence-electron chi connectivity index (χ2n) is 5.49. The van der Waals surface area contributed by atoms with Crippen molar-refractivity contribution >= 4 is 11.9 Å². The Hall–Kier alpha value is -2.19. The fourth-order valence-corrected chi connectivity index (χ4v) is 2.29. The number of aromatic nitrogens is 2. The number of esters is 2. The van der Waals surface area contributed by atoms with Gasteiger partial charge in [0, 0.05) is 12.2 Å². The van der Waals surface area contributed by atoms with Gasteiger partial charge in [0.15, 0.2) is 12.8 Å². The molecule has 0 aliphatic heterocycles. The first kappa shape index (κ1) is 21.9. The average molecular weight is 427 g/mol. The highest BCUT2D eigenvalue weighted by Crippen LogP contribution is 2.20. The maximum Gasteiger partial charge on any atom is 0.354 e. The zero-order valence-corrected chi connectivity index (χ0v) is 16.6. The SMILES string of the molecule is CCOC(C)OC(=O)C(OC(=O)C[n+]1ccn(C)c1)c1ccccc1.[Br-]. The fourth-order valence-electron chi connectivity index (χ4n) is 2.29. The van der Waals surface area contributed by atoms with Crippen LogP contribution in [0.3, 0.4) is 0 Å². The van der Waals surface area contributed by atoms with Crippen LogP contribution >= 0.6 is 0 Å². The Bertz CT molecular complexity index is 705. The summed E-state index contributed by atoms with van der Waals surface area (Å²) in [6, 6.07) is 8.76. The standard InChI is InChI=1S/C18H23N2O5.BrH/c1-4-23-14(2)24-18(22)17(15-8-6-5-7-9-15)25-16(21)12-20-11-10-19(3)13-20;/h5-11,13-14,17H,4,12H2,1-3H3;1H/q+1;/p-1. The lowest BCUT2D eigenvalue weighted by molar-refractivity contribution is -0.685. The van der Waals surface area contributed by atoms with Crippen molar-refractivity contribution < 1.29 is 45.3 Å². The van der Waals surface area contributed by atoms with E-state index in [0.717, 1.165) is 0 Å². The Morgan fingerprint density at radius 2 is 1.88 bits per heavy atom. The summed E-state index contributed by atoms with van der Waals surface area (Å²) in [5.74, 6) is -1.20. The molecule has 7 nitrogen and oxygen atoms in total. The molecule has 0 aliphatic rings. The number of hydrogen-bond donors (Lipinski definition) is 0. The largest absolute Gasteiger partial charge is 1.00 e. The second-order valence-corrected chi connectivity index (χ2v) is 5.49. The van der Waals surface area contributed by atoms with E-state index in [9.17, 15) is 9.59 Å². The van der Waals surface area contributed by atoms with Gasteiger partial charge in [-0.2, -0.15) is 0 Å². The molecule has 1 aromatic carbocycles. The van der Waals surface area contributed by atoms with Crippen molar-refractivity contribution in [3.8, 4) is 0 Å². The lowest BCUT2D eigenvalue weighted by atomic mass is 10.1. The summed E-state index contributed by atoms with van der Waals surface area (Å²) in [4.78, 5) is 24.7. The van der Waals surface area contributed by atoms with Crippen LogP contribution < -0.4 is 21.5 Å². The lowest BCUT2D eigenvalue weighted by Crippen LogP contribution is -3.00. The molecule has 8 heteroatoms. The number of hydrogen-bond acceptors (Lipinski definition) is 5. The van der Waals surface area contributed by atoms with E-state index in [2.05, 4.69) is 0 Å². The monoisotopic (exact) mass is 426 g/mol. The highest BCUT2D eigenvalue weighted by Gasteiger charge is 2.28. The average Bonchev–Trinajstić information content (AvgIpc) is 2.98. The highest BCUT2D eigenvalue weighted by atomic mass is 79.9. The molecule has 0 N–H and O–H groups in total. The first-order valence-corrected chi connectivity index (χ1v) is 8.07. The second kappa shape index (κ2) is 10.7. The summed E-state index contributed by atoms with van der Waals surface area (Å²) in [5, 5.41) is 0. The topological polar surface area (TPSA) is 70.6 Å². The summed E-state index contributed by atoms with van der Waals surface area (Å²) in [5.41, 5.74) is 0.544. The van der Waals surface area contributed by atoms with Gasteiger partial charge in [-0.1, -0.05) is 30.3 Å². The molecule has 0 spiro atoms. The summed E-state index contributed by atoms with van der Waals surface area (Å²) < 4.78 is 19.3. The molecule has 2 atom stereocenters. The van der Waals surface area contributed by atoms with Gasteiger partial charge >= 0.3 is 11.9 Å². The number of carbonyl (C=O) groups excluding carboxylic acids is 2. The molecule has 0 amide bonds. The summed E-state index contributed by atoms with van der Waals surface area (Å²) in [6.07, 6.45) is 3.44. The van der Waals surface area contributed by atoms with E-state index >= 15 is 0 Å². The van der Waals surface area contributed by atoms with Gasteiger partial charge in [0.2, 0.25) is 12.4 Å². The number of carbonyl (C=O) groups is 2. The number of nitrogens with zero attached hydrogens (tertiary/aromatic N) is 2. The Morgan fingerprint density at radius 1 is 1.19 bits per heavy atom. The summed E-state index contributed by atoms with van der Waals surface area (Å²) >= 11 is 0. The lowest BCUT2D eigenvalue weighted by Gasteiger charge is -2.19. The Balaban J connectivity index is 0.00000338. The molecular formula is C18H23BrN2O5. The smallest absolute Gasteiger partial charge is 0.354 e. The van der Waals surface area contributed by atoms with Crippen LogP contribution in [0.5, 0.6) is 0 Å². The molecule has 2 aromatic rings. The molecule has 0 bridgehead atoms. The van der Waals surface area contributed by atoms with Gasteiger partial charge in [-0.15, -0.1) is 0 Å². The van der Waals surface area contributed by atoms with Crippen LogP contribution in [0.4, 0.5) is 0 Å². The van der Waals surface area contributed by atoms with Crippen molar-refractivity contribution in [1.82, 2.24) is 4.57 Å². The highest BCUT2D eigenvalue weighted by molar-refractivity contribution is 5.80. The molecule has 0 aliphatic carbocycles. The number of halogens is 1. The molecule has 0 saturated carbocycles. The summed E-state index contributed by atoms with van der Waals surface area (Å²) in [7, 11) is 1.85. The maximum atomic E-state index is 12.4. The van der Waals surface area contributed by atoms with Crippen LogP contribution in [0.2, 0.25) is 0 Å². The van der Waals surface area contributed by atoms with E-state index in [-0.39, 0.29) is 23.5 Å². The van der Waals surface area contributed by atoms with Crippen molar-refractivity contribution in [2.75, 3.05) is 6.61 Å². The third kappa shape index (κ3) is 6.61. The number of rotatable bonds is 8. The van der Waals surface area contributed by atoms with Gasteiger partial charge in [-0.3, -0.25) is 0 Å². The summed E-state index contributed by atoms with van der Waals surface area (Å²) in [6.45, 7) is 3.83. The molecule has 0 radical (unpaired) electrons. The quantitative estimate of drug-likeness (QED) is 0.292. The van der Waals surface area contributed by atoms with Crippen LogP contribution in [-0.2, 0) is 37.4 Å². The zero-order valence-electron chi connectivity index (χ0n) is 15.0. The minimum Gasteiger partial charge on any atom is -1.00 e. The molecule has 2 rings (SSSR count). The third-order valence-electron chi connectivity index (χ3n) is 3.38. The number of imidazole rings is 1. The molecule has 0 fully saturated rings. The number of ether oxygens (including phenoxy) is 3. The van der Waals surface area contributed by atoms with Crippen LogP contribution in [0.1, 0.15) is 25.5 Å². The predicted molar refractivity (Wildman–Crippen MR) is 88.1 cm³/mol. The Kier molecular flexibility index (Phi) is 9.01. The molecular weight excluding hydrogens is 404 g/mol. The molecule has 1 aromatic heterocycles. The van der Waals surface area contributed by atoms with E-state index < -0.39 is 24.3 Å². The van der Waals surface area contributed by atoms with E-state index in [0.29, 0.717) is 12.2 Å². The first-order valence-electron chi connectivity index (χ1n) is 8.07.